The van der Waals surface area contributed by atoms with Crippen LogP contribution in [0.15, 0.2) is 12.1 Å². The number of aromatic hydroxyl groups is 1. The van der Waals surface area contributed by atoms with Crippen LogP contribution in [0.5, 0.6) is 5.75 Å². The molecule has 0 radical (unpaired) electrons. The van der Waals surface area contributed by atoms with Crippen LogP contribution in [0.3, 0.4) is 0 Å². The van der Waals surface area contributed by atoms with Gasteiger partial charge in [-0.2, -0.15) is 0 Å². The van der Waals surface area contributed by atoms with Gasteiger partial charge in [-0.15, -0.1) is 0 Å². The largest absolute Gasteiger partial charge is 0.508 e. The van der Waals surface area contributed by atoms with Gasteiger partial charge in [-0.1, -0.05) is 24.6 Å². The highest BCUT2D eigenvalue weighted by molar-refractivity contribution is 6.32. The number of hydrogen-bond acceptors (Lipinski definition) is 2. The van der Waals surface area contributed by atoms with Crippen molar-refractivity contribution < 1.29 is 5.11 Å². The standard InChI is InChI=1S/C10H14ClNO/c1-2-8-9(13)4-3-7(5-6-12)10(8)11/h3-4,13H,2,5-6,12H2,1H3. The van der Waals surface area contributed by atoms with Crippen molar-refractivity contribution in [1.82, 2.24) is 0 Å². The Morgan fingerprint density at radius 1 is 1.46 bits per heavy atom. The fourth-order valence-corrected chi connectivity index (χ4v) is 1.73. The molecule has 0 aliphatic heterocycles. The van der Waals surface area contributed by atoms with Crippen molar-refractivity contribution in [3.05, 3.63) is 28.3 Å². The molecule has 0 saturated carbocycles. The molecule has 1 aromatic rings. The second-order valence-electron chi connectivity index (χ2n) is 2.93. The molecule has 1 aromatic carbocycles. The van der Waals surface area contributed by atoms with E-state index in [4.69, 9.17) is 17.3 Å². The van der Waals surface area contributed by atoms with Gasteiger partial charge in [-0.25, -0.2) is 0 Å². The Morgan fingerprint density at radius 2 is 2.15 bits per heavy atom. The van der Waals surface area contributed by atoms with E-state index in [0.717, 1.165) is 24.0 Å². The highest BCUT2D eigenvalue weighted by Gasteiger charge is 2.08. The highest BCUT2D eigenvalue weighted by Crippen LogP contribution is 2.29. The molecular formula is C10H14ClNO. The van der Waals surface area contributed by atoms with Crippen LogP contribution in [-0.2, 0) is 12.8 Å². The minimum Gasteiger partial charge on any atom is -0.508 e. The molecular weight excluding hydrogens is 186 g/mol. The van der Waals surface area contributed by atoms with E-state index >= 15 is 0 Å². The van der Waals surface area contributed by atoms with E-state index in [1.165, 1.54) is 0 Å². The molecule has 0 aliphatic carbocycles. The van der Waals surface area contributed by atoms with E-state index in [9.17, 15) is 5.11 Å². The van der Waals surface area contributed by atoms with E-state index in [1.807, 2.05) is 13.0 Å². The van der Waals surface area contributed by atoms with Crippen LogP contribution < -0.4 is 5.73 Å². The number of halogens is 1. The van der Waals surface area contributed by atoms with E-state index < -0.39 is 0 Å². The van der Waals surface area contributed by atoms with Gasteiger partial charge >= 0.3 is 0 Å². The summed E-state index contributed by atoms with van der Waals surface area (Å²) in [6.45, 7) is 2.54. The lowest BCUT2D eigenvalue weighted by Crippen LogP contribution is -2.04. The van der Waals surface area contributed by atoms with Crippen LogP contribution in [0, 0.1) is 0 Å². The summed E-state index contributed by atoms with van der Waals surface area (Å²) in [5, 5.41) is 10.1. The second-order valence-corrected chi connectivity index (χ2v) is 3.31. The summed E-state index contributed by atoms with van der Waals surface area (Å²) in [5.74, 6) is 0.272. The molecule has 0 saturated heterocycles. The summed E-state index contributed by atoms with van der Waals surface area (Å²) in [6, 6.07) is 3.50. The van der Waals surface area contributed by atoms with Crippen LogP contribution in [-0.4, -0.2) is 11.7 Å². The zero-order valence-electron chi connectivity index (χ0n) is 7.68. The van der Waals surface area contributed by atoms with Gasteiger partial charge in [0.25, 0.3) is 0 Å². The predicted molar refractivity (Wildman–Crippen MR) is 55.3 cm³/mol. The normalized spacial score (nSPS) is 10.4. The quantitative estimate of drug-likeness (QED) is 0.784. The molecule has 0 aliphatic rings. The molecule has 72 valence electrons. The molecule has 0 fully saturated rings. The first-order valence-electron chi connectivity index (χ1n) is 4.40. The molecule has 2 nitrogen and oxygen atoms in total. The third-order valence-corrected chi connectivity index (χ3v) is 2.54. The predicted octanol–water partition coefficient (Wildman–Crippen LogP) is 2.11. The third-order valence-electron chi connectivity index (χ3n) is 2.07. The van der Waals surface area contributed by atoms with Gasteiger partial charge in [0.2, 0.25) is 0 Å². The molecule has 0 amide bonds. The summed E-state index contributed by atoms with van der Waals surface area (Å²) < 4.78 is 0. The average molecular weight is 200 g/mol. The third kappa shape index (κ3) is 2.14. The summed E-state index contributed by atoms with van der Waals surface area (Å²) >= 11 is 6.08. The summed E-state index contributed by atoms with van der Waals surface area (Å²) in [7, 11) is 0. The Labute approximate surface area is 83.3 Å². The van der Waals surface area contributed by atoms with Crippen LogP contribution >= 0.6 is 11.6 Å². The Morgan fingerprint density at radius 3 is 2.69 bits per heavy atom. The van der Waals surface area contributed by atoms with Crippen molar-refractivity contribution in [2.75, 3.05) is 6.54 Å². The van der Waals surface area contributed by atoms with Crippen molar-refractivity contribution in [2.45, 2.75) is 19.8 Å². The monoisotopic (exact) mass is 199 g/mol. The lowest BCUT2D eigenvalue weighted by molar-refractivity contribution is 0.468. The fraction of sp³-hybridized carbons (Fsp3) is 0.400. The number of phenolic OH excluding ortho intramolecular Hbond substituents is 1. The SMILES string of the molecule is CCc1c(O)ccc(CCN)c1Cl. The Balaban J connectivity index is 3.11. The van der Waals surface area contributed by atoms with Crippen molar-refractivity contribution in [3.63, 3.8) is 0 Å². The molecule has 0 spiro atoms. The van der Waals surface area contributed by atoms with Crippen molar-refractivity contribution in [1.29, 1.82) is 0 Å². The lowest BCUT2D eigenvalue weighted by Gasteiger charge is -2.08. The van der Waals surface area contributed by atoms with E-state index in [-0.39, 0.29) is 5.75 Å². The zero-order valence-corrected chi connectivity index (χ0v) is 8.43. The second kappa shape index (κ2) is 4.49. The first-order valence-corrected chi connectivity index (χ1v) is 4.77. The van der Waals surface area contributed by atoms with Gasteiger partial charge in [0.05, 0.1) is 5.02 Å². The smallest absolute Gasteiger partial charge is 0.120 e. The van der Waals surface area contributed by atoms with Crippen molar-refractivity contribution in [3.8, 4) is 5.75 Å². The summed E-state index contributed by atoms with van der Waals surface area (Å²) in [4.78, 5) is 0. The molecule has 1 rings (SSSR count). The maximum Gasteiger partial charge on any atom is 0.120 e. The number of nitrogens with two attached hydrogens (primary N) is 1. The Bertz CT molecular complexity index is 299. The van der Waals surface area contributed by atoms with Gasteiger partial charge in [0.1, 0.15) is 5.75 Å². The molecule has 0 aromatic heterocycles. The fourth-order valence-electron chi connectivity index (χ4n) is 1.34. The van der Waals surface area contributed by atoms with Gasteiger partial charge < -0.3 is 10.8 Å². The average Bonchev–Trinajstić information content (AvgIpc) is 2.11. The number of hydrogen-bond donors (Lipinski definition) is 2. The minimum absolute atomic E-state index is 0.272. The molecule has 0 heterocycles. The molecule has 0 unspecified atom stereocenters. The number of benzene rings is 1. The number of rotatable bonds is 3. The Kier molecular flexibility index (Phi) is 3.58. The van der Waals surface area contributed by atoms with Gasteiger partial charge in [-0.05, 0) is 31.0 Å². The Hall–Kier alpha value is -0.730. The first-order chi connectivity index (χ1) is 6.20. The van der Waals surface area contributed by atoms with Crippen LogP contribution in [0.1, 0.15) is 18.1 Å². The topological polar surface area (TPSA) is 46.2 Å². The van der Waals surface area contributed by atoms with E-state index in [0.29, 0.717) is 11.6 Å². The van der Waals surface area contributed by atoms with E-state index in [1.54, 1.807) is 6.07 Å². The lowest BCUT2D eigenvalue weighted by atomic mass is 10.1. The van der Waals surface area contributed by atoms with E-state index in [2.05, 4.69) is 0 Å². The molecule has 3 N–H and O–H groups in total. The van der Waals surface area contributed by atoms with Crippen LogP contribution in [0.2, 0.25) is 5.02 Å². The van der Waals surface area contributed by atoms with Crippen molar-refractivity contribution in [2.24, 2.45) is 5.73 Å². The molecule has 3 heteroatoms. The van der Waals surface area contributed by atoms with Gasteiger partial charge in [0, 0.05) is 5.56 Å². The van der Waals surface area contributed by atoms with Gasteiger partial charge in [0.15, 0.2) is 0 Å². The summed E-state index contributed by atoms with van der Waals surface area (Å²) in [5.41, 5.74) is 7.26. The van der Waals surface area contributed by atoms with Crippen molar-refractivity contribution >= 4 is 11.6 Å². The first kappa shape index (κ1) is 10.4. The number of phenols is 1. The van der Waals surface area contributed by atoms with Gasteiger partial charge in [-0.3, -0.25) is 0 Å². The molecule has 13 heavy (non-hydrogen) atoms. The van der Waals surface area contributed by atoms with Crippen LogP contribution in [0.4, 0.5) is 0 Å². The van der Waals surface area contributed by atoms with Crippen LogP contribution in [0.25, 0.3) is 0 Å². The minimum atomic E-state index is 0.272. The maximum atomic E-state index is 9.47. The highest BCUT2D eigenvalue weighted by atomic mass is 35.5. The maximum absolute atomic E-state index is 9.47. The summed E-state index contributed by atoms with van der Waals surface area (Å²) in [6.07, 6.45) is 1.50. The molecule has 0 bridgehead atoms. The molecule has 0 atom stereocenters. The zero-order chi connectivity index (χ0) is 9.84.